The molecule has 0 radical (unpaired) electrons. The van der Waals surface area contributed by atoms with Crippen molar-refractivity contribution >= 4 is 17.4 Å². The largest absolute Gasteiger partial charge is 0.309 e. The molecule has 15 heavy (non-hydrogen) atoms. The van der Waals surface area contributed by atoms with Gasteiger partial charge in [-0.3, -0.25) is 4.79 Å². The first-order chi connectivity index (χ1) is 7.25. The van der Waals surface area contributed by atoms with Crippen LogP contribution in [0.4, 0.5) is 0 Å². The lowest BCUT2D eigenvalue weighted by Crippen LogP contribution is -2.24. The molecule has 0 heterocycles. The summed E-state index contributed by atoms with van der Waals surface area (Å²) in [4.78, 5) is 11.7. The first kappa shape index (κ1) is 10.7. The number of rotatable bonds is 5. The van der Waals surface area contributed by atoms with E-state index in [4.69, 9.17) is 11.6 Å². The predicted molar refractivity (Wildman–Crippen MR) is 61.4 cm³/mol. The van der Waals surface area contributed by atoms with Crippen LogP contribution in [-0.4, -0.2) is 18.9 Å². The van der Waals surface area contributed by atoms with Crippen LogP contribution in [-0.2, 0) is 0 Å². The Bertz CT molecular complexity index is 360. The number of carbonyl (C=O) groups excluding carboxylic acids is 1. The van der Waals surface area contributed by atoms with Crippen LogP contribution in [0, 0.1) is 5.92 Å². The molecule has 2 rings (SSSR count). The Hall–Kier alpha value is -0.860. The molecule has 2 nitrogen and oxygen atoms in total. The van der Waals surface area contributed by atoms with Gasteiger partial charge in [0.1, 0.15) is 0 Å². The number of carbonyl (C=O) groups is 1. The van der Waals surface area contributed by atoms with E-state index in [0.29, 0.717) is 17.1 Å². The SMILES string of the molecule is O=C(CNCC1CC1)c1cccc(Cl)c1. The first-order valence-corrected chi connectivity index (χ1v) is 5.63. The molecule has 0 atom stereocenters. The minimum absolute atomic E-state index is 0.109. The van der Waals surface area contributed by atoms with Crippen LogP contribution < -0.4 is 5.32 Å². The Morgan fingerprint density at radius 3 is 2.93 bits per heavy atom. The lowest BCUT2D eigenvalue weighted by molar-refractivity contribution is 0.0991. The topological polar surface area (TPSA) is 29.1 Å². The first-order valence-electron chi connectivity index (χ1n) is 5.25. The van der Waals surface area contributed by atoms with Crippen molar-refractivity contribution in [2.75, 3.05) is 13.1 Å². The smallest absolute Gasteiger partial charge is 0.176 e. The molecule has 0 saturated heterocycles. The summed E-state index contributed by atoms with van der Waals surface area (Å²) in [6.45, 7) is 1.38. The van der Waals surface area contributed by atoms with Gasteiger partial charge in [0.2, 0.25) is 0 Å². The van der Waals surface area contributed by atoms with Crippen molar-refractivity contribution in [1.29, 1.82) is 0 Å². The minimum atomic E-state index is 0.109. The number of nitrogens with one attached hydrogen (secondary N) is 1. The Morgan fingerprint density at radius 2 is 2.27 bits per heavy atom. The average molecular weight is 224 g/mol. The predicted octanol–water partition coefficient (Wildman–Crippen LogP) is 2.52. The van der Waals surface area contributed by atoms with Crippen LogP contribution in [0.25, 0.3) is 0 Å². The summed E-state index contributed by atoms with van der Waals surface area (Å²) in [5.41, 5.74) is 0.686. The molecule has 80 valence electrons. The molecule has 0 aromatic heterocycles. The standard InChI is InChI=1S/C12H14ClNO/c13-11-3-1-2-10(6-11)12(15)8-14-7-9-4-5-9/h1-3,6,9,14H,4-5,7-8H2. The number of halogens is 1. The van der Waals surface area contributed by atoms with Gasteiger partial charge in [-0.2, -0.15) is 0 Å². The van der Waals surface area contributed by atoms with Gasteiger partial charge < -0.3 is 5.32 Å². The van der Waals surface area contributed by atoms with E-state index in [2.05, 4.69) is 5.32 Å². The van der Waals surface area contributed by atoms with Gasteiger partial charge in [0.15, 0.2) is 5.78 Å². The van der Waals surface area contributed by atoms with E-state index in [-0.39, 0.29) is 5.78 Å². The highest BCUT2D eigenvalue weighted by atomic mass is 35.5. The van der Waals surface area contributed by atoms with Gasteiger partial charge in [0.25, 0.3) is 0 Å². The molecule has 0 unspecified atom stereocenters. The van der Waals surface area contributed by atoms with Crippen molar-refractivity contribution in [3.05, 3.63) is 34.9 Å². The molecule has 1 fully saturated rings. The fraction of sp³-hybridized carbons (Fsp3) is 0.417. The molecule has 1 N–H and O–H groups in total. The Kier molecular flexibility index (Phi) is 3.39. The number of Topliss-reactive ketones (excluding diaryl/α,β-unsaturated/α-hetero) is 1. The summed E-state index contributed by atoms with van der Waals surface area (Å²) in [6.07, 6.45) is 2.61. The number of ketones is 1. The minimum Gasteiger partial charge on any atom is -0.309 e. The maximum atomic E-state index is 11.7. The zero-order chi connectivity index (χ0) is 10.7. The number of benzene rings is 1. The van der Waals surface area contributed by atoms with Gasteiger partial charge in [0.05, 0.1) is 6.54 Å². The van der Waals surface area contributed by atoms with E-state index in [0.717, 1.165) is 12.5 Å². The maximum absolute atomic E-state index is 11.7. The highest BCUT2D eigenvalue weighted by Crippen LogP contribution is 2.27. The molecule has 1 saturated carbocycles. The normalized spacial score (nSPS) is 15.3. The lowest BCUT2D eigenvalue weighted by Gasteiger charge is -2.03. The van der Waals surface area contributed by atoms with Crippen molar-refractivity contribution in [2.45, 2.75) is 12.8 Å². The van der Waals surface area contributed by atoms with Gasteiger partial charge in [-0.05, 0) is 37.4 Å². The van der Waals surface area contributed by atoms with Gasteiger partial charge in [0, 0.05) is 10.6 Å². The van der Waals surface area contributed by atoms with E-state index < -0.39 is 0 Å². The van der Waals surface area contributed by atoms with Crippen molar-refractivity contribution < 1.29 is 4.79 Å². The summed E-state index contributed by atoms with van der Waals surface area (Å²) in [6, 6.07) is 7.09. The van der Waals surface area contributed by atoms with Gasteiger partial charge >= 0.3 is 0 Å². The van der Waals surface area contributed by atoms with Gasteiger partial charge in [-0.15, -0.1) is 0 Å². The molecule has 1 aliphatic carbocycles. The zero-order valence-electron chi connectivity index (χ0n) is 8.50. The lowest BCUT2D eigenvalue weighted by atomic mass is 10.1. The Labute approximate surface area is 94.6 Å². The molecule has 0 aliphatic heterocycles. The third-order valence-corrected chi connectivity index (χ3v) is 2.80. The zero-order valence-corrected chi connectivity index (χ0v) is 9.26. The second-order valence-electron chi connectivity index (χ2n) is 4.01. The molecule has 1 aromatic carbocycles. The number of hydrogen-bond donors (Lipinski definition) is 1. The third kappa shape index (κ3) is 3.33. The van der Waals surface area contributed by atoms with E-state index in [1.807, 2.05) is 0 Å². The van der Waals surface area contributed by atoms with Crippen molar-refractivity contribution in [3.63, 3.8) is 0 Å². The Morgan fingerprint density at radius 1 is 1.47 bits per heavy atom. The van der Waals surface area contributed by atoms with Gasteiger partial charge in [-0.25, -0.2) is 0 Å². The molecule has 1 aromatic rings. The Balaban J connectivity index is 1.83. The van der Waals surface area contributed by atoms with Crippen LogP contribution in [0.1, 0.15) is 23.2 Å². The van der Waals surface area contributed by atoms with Crippen molar-refractivity contribution in [1.82, 2.24) is 5.32 Å². The molecular formula is C12H14ClNO. The van der Waals surface area contributed by atoms with Crippen LogP contribution in [0.15, 0.2) is 24.3 Å². The quantitative estimate of drug-likeness (QED) is 0.778. The monoisotopic (exact) mass is 223 g/mol. The second kappa shape index (κ2) is 4.77. The maximum Gasteiger partial charge on any atom is 0.176 e. The second-order valence-corrected chi connectivity index (χ2v) is 4.44. The molecule has 0 bridgehead atoms. The summed E-state index contributed by atoms with van der Waals surface area (Å²) < 4.78 is 0. The highest BCUT2D eigenvalue weighted by molar-refractivity contribution is 6.31. The van der Waals surface area contributed by atoms with Crippen LogP contribution in [0.3, 0.4) is 0 Å². The summed E-state index contributed by atoms with van der Waals surface area (Å²) >= 11 is 5.81. The summed E-state index contributed by atoms with van der Waals surface area (Å²) in [7, 11) is 0. The van der Waals surface area contributed by atoms with E-state index in [1.54, 1.807) is 24.3 Å². The van der Waals surface area contributed by atoms with E-state index in [1.165, 1.54) is 12.8 Å². The fourth-order valence-electron chi connectivity index (χ4n) is 1.48. The van der Waals surface area contributed by atoms with Crippen molar-refractivity contribution in [2.24, 2.45) is 5.92 Å². The molecule has 1 aliphatic rings. The van der Waals surface area contributed by atoms with Crippen molar-refractivity contribution in [3.8, 4) is 0 Å². The van der Waals surface area contributed by atoms with E-state index >= 15 is 0 Å². The van der Waals surface area contributed by atoms with Gasteiger partial charge in [-0.1, -0.05) is 23.7 Å². The summed E-state index contributed by atoms with van der Waals surface area (Å²) in [5.74, 6) is 0.912. The fourth-order valence-corrected chi connectivity index (χ4v) is 1.67. The van der Waals surface area contributed by atoms with Crippen LogP contribution >= 0.6 is 11.6 Å². The molecule has 0 spiro atoms. The third-order valence-electron chi connectivity index (χ3n) is 2.56. The highest BCUT2D eigenvalue weighted by Gasteiger charge is 2.20. The number of hydrogen-bond acceptors (Lipinski definition) is 2. The molecular weight excluding hydrogens is 210 g/mol. The average Bonchev–Trinajstić information content (AvgIpc) is 3.01. The molecule has 0 amide bonds. The van der Waals surface area contributed by atoms with Crippen LogP contribution in [0.5, 0.6) is 0 Å². The van der Waals surface area contributed by atoms with E-state index in [9.17, 15) is 4.79 Å². The summed E-state index contributed by atoms with van der Waals surface area (Å²) in [5, 5.41) is 3.79. The molecule has 3 heteroatoms. The van der Waals surface area contributed by atoms with Crippen LogP contribution in [0.2, 0.25) is 5.02 Å².